The SMILES string of the molecule is CN(C(=O)c1cc(F)cc(F)c1)c1ccccc1C(N)=S. The Morgan fingerprint density at radius 2 is 1.71 bits per heavy atom. The molecule has 0 heterocycles. The lowest BCUT2D eigenvalue weighted by atomic mass is 10.1. The predicted molar refractivity (Wildman–Crippen MR) is 81.4 cm³/mol. The molecule has 0 saturated heterocycles. The van der Waals surface area contributed by atoms with Crippen LogP contribution in [0.25, 0.3) is 0 Å². The molecule has 6 heteroatoms. The first kappa shape index (κ1) is 15.1. The first-order valence-electron chi connectivity index (χ1n) is 6.03. The highest BCUT2D eigenvalue weighted by molar-refractivity contribution is 7.80. The van der Waals surface area contributed by atoms with Gasteiger partial charge in [0.05, 0.1) is 5.69 Å². The van der Waals surface area contributed by atoms with Crippen molar-refractivity contribution in [3.8, 4) is 0 Å². The Hall–Kier alpha value is -2.34. The van der Waals surface area contributed by atoms with Crippen LogP contribution in [0.2, 0.25) is 0 Å². The largest absolute Gasteiger partial charge is 0.389 e. The van der Waals surface area contributed by atoms with Crippen molar-refractivity contribution >= 4 is 28.8 Å². The number of hydrogen-bond acceptors (Lipinski definition) is 2. The number of benzene rings is 2. The van der Waals surface area contributed by atoms with Gasteiger partial charge in [-0.15, -0.1) is 0 Å². The van der Waals surface area contributed by atoms with Crippen LogP contribution in [-0.2, 0) is 0 Å². The van der Waals surface area contributed by atoms with E-state index in [4.69, 9.17) is 18.0 Å². The van der Waals surface area contributed by atoms with Gasteiger partial charge in [0, 0.05) is 24.2 Å². The monoisotopic (exact) mass is 306 g/mol. The van der Waals surface area contributed by atoms with Gasteiger partial charge < -0.3 is 10.6 Å². The van der Waals surface area contributed by atoms with Gasteiger partial charge in [0.15, 0.2) is 0 Å². The average Bonchev–Trinajstić information content (AvgIpc) is 2.44. The number of amides is 1. The van der Waals surface area contributed by atoms with Gasteiger partial charge in [-0.25, -0.2) is 8.78 Å². The van der Waals surface area contributed by atoms with Crippen molar-refractivity contribution in [3.63, 3.8) is 0 Å². The Kier molecular flexibility index (Phi) is 4.28. The Bertz CT molecular complexity index is 698. The molecule has 108 valence electrons. The van der Waals surface area contributed by atoms with Crippen LogP contribution in [0.1, 0.15) is 15.9 Å². The lowest BCUT2D eigenvalue weighted by Crippen LogP contribution is -2.29. The summed E-state index contributed by atoms with van der Waals surface area (Å²) in [6.45, 7) is 0. The van der Waals surface area contributed by atoms with E-state index >= 15 is 0 Å². The first-order valence-corrected chi connectivity index (χ1v) is 6.44. The number of hydrogen-bond donors (Lipinski definition) is 1. The molecule has 1 amide bonds. The minimum atomic E-state index is -0.811. The van der Waals surface area contributed by atoms with E-state index in [9.17, 15) is 13.6 Å². The predicted octanol–water partition coefficient (Wildman–Crippen LogP) is 2.88. The number of halogens is 2. The number of nitrogens with two attached hydrogens (primary N) is 1. The van der Waals surface area contributed by atoms with Gasteiger partial charge in [-0.05, 0) is 24.3 Å². The van der Waals surface area contributed by atoms with Crippen LogP contribution in [0.15, 0.2) is 42.5 Å². The van der Waals surface area contributed by atoms with Crippen molar-refractivity contribution < 1.29 is 13.6 Å². The number of carbonyl (C=O) groups is 1. The van der Waals surface area contributed by atoms with Gasteiger partial charge in [0.25, 0.3) is 5.91 Å². The summed E-state index contributed by atoms with van der Waals surface area (Å²) in [7, 11) is 1.49. The van der Waals surface area contributed by atoms with Crippen molar-refractivity contribution in [1.82, 2.24) is 0 Å². The Labute approximate surface area is 126 Å². The average molecular weight is 306 g/mol. The van der Waals surface area contributed by atoms with Crippen LogP contribution in [0.5, 0.6) is 0 Å². The van der Waals surface area contributed by atoms with E-state index in [1.807, 2.05) is 0 Å². The first-order chi connectivity index (χ1) is 9.90. The summed E-state index contributed by atoms with van der Waals surface area (Å²) in [4.78, 5) is 13.7. The summed E-state index contributed by atoms with van der Waals surface area (Å²) in [6.07, 6.45) is 0. The van der Waals surface area contributed by atoms with Crippen LogP contribution in [0.3, 0.4) is 0 Å². The Balaban J connectivity index is 2.42. The Morgan fingerprint density at radius 3 is 2.29 bits per heavy atom. The zero-order valence-electron chi connectivity index (χ0n) is 11.1. The smallest absolute Gasteiger partial charge is 0.258 e. The fraction of sp³-hybridized carbons (Fsp3) is 0.0667. The normalized spacial score (nSPS) is 10.2. The molecular weight excluding hydrogens is 294 g/mol. The second-order valence-electron chi connectivity index (χ2n) is 4.40. The van der Waals surface area contributed by atoms with E-state index in [0.29, 0.717) is 17.3 Å². The van der Waals surface area contributed by atoms with Crippen LogP contribution in [0.4, 0.5) is 14.5 Å². The molecular formula is C15H12F2N2OS. The maximum absolute atomic E-state index is 13.2. The number of thiocarbonyl (C=S) groups is 1. The molecule has 0 saturated carbocycles. The third-order valence-electron chi connectivity index (χ3n) is 2.95. The molecule has 2 aromatic rings. The molecule has 21 heavy (non-hydrogen) atoms. The topological polar surface area (TPSA) is 46.3 Å². The van der Waals surface area contributed by atoms with Crippen molar-refractivity contribution in [2.45, 2.75) is 0 Å². The van der Waals surface area contributed by atoms with Crippen LogP contribution in [0, 0.1) is 11.6 Å². The number of anilines is 1. The summed E-state index contributed by atoms with van der Waals surface area (Å²) >= 11 is 4.93. The molecule has 3 nitrogen and oxygen atoms in total. The number of para-hydroxylation sites is 1. The molecule has 0 unspecified atom stereocenters. The molecule has 2 N–H and O–H groups in total. The second-order valence-corrected chi connectivity index (χ2v) is 4.84. The zero-order chi connectivity index (χ0) is 15.6. The van der Waals surface area contributed by atoms with Crippen molar-refractivity contribution in [2.75, 3.05) is 11.9 Å². The third-order valence-corrected chi connectivity index (χ3v) is 3.16. The molecule has 0 fully saturated rings. The molecule has 0 spiro atoms. The molecule has 0 aliphatic heterocycles. The number of rotatable bonds is 3. The Morgan fingerprint density at radius 1 is 1.14 bits per heavy atom. The zero-order valence-corrected chi connectivity index (χ0v) is 12.0. The van der Waals surface area contributed by atoms with Crippen LogP contribution < -0.4 is 10.6 Å². The minimum Gasteiger partial charge on any atom is -0.389 e. The van der Waals surface area contributed by atoms with Crippen molar-refractivity contribution in [2.24, 2.45) is 5.73 Å². The second kappa shape index (κ2) is 5.97. The molecule has 2 aromatic carbocycles. The van der Waals surface area contributed by atoms with Gasteiger partial charge in [-0.2, -0.15) is 0 Å². The summed E-state index contributed by atoms with van der Waals surface area (Å²) < 4.78 is 26.4. The standard InChI is InChI=1S/C15H12F2N2OS/c1-19(13-5-3-2-4-12(13)14(18)21)15(20)9-6-10(16)8-11(17)7-9/h2-8H,1H3,(H2,18,21). The van der Waals surface area contributed by atoms with Gasteiger partial charge in [0.1, 0.15) is 16.6 Å². The molecule has 0 radical (unpaired) electrons. The van der Waals surface area contributed by atoms with E-state index in [1.165, 1.54) is 11.9 Å². The van der Waals surface area contributed by atoms with Gasteiger partial charge in [0.2, 0.25) is 0 Å². The quantitative estimate of drug-likeness (QED) is 0.887. The maximum atomic E-state index is 13.2. The fourth-order valence-electron chi connectivity index (χ4n) is 1.95. The lowest BCUT2D eigenvalue weighted by Gasteiger charge is -2.20. The van der Waals surface area contributed by atoms with Gasteiger partial charge >= 0.3 is 0 Å². The summed E-state index contributed by atoms with van der Waals surface area (Å²) in [6, 6.07) is 9.44. The number of carbonyl (C=O) groups excluding carboxylic acids is 1. The highest BCUT2D eigenvalue weighted by atomic mass is 32.1. The van der Waals surface area contributed by atoms with Crippen LogP contribution in [-0.4, -0.2) is 17.9 Å². The fourth-order valence-corrected chi connectivity index (χ4v) is 2.13. The van der Waals surface area contributed by atoms with E-state index in [2.05, 4.69) is 0 Å². The van der Waals surface area contributed by atoms with Crippen molar-refractivity contribution in [3.05, 3.63) is 65.2 Å². The summed E-state index contributed by atoms with van der Waals surface area (Å²) in [5.41, 5.74) is 6.51. The van der Waals surface area contributed by atoms with E-state index in [0.717, 1.165) is 12.1 Å². The molecule has 2 rings (SSSR count). The molecule has 0 aromatic heterocycles. The summed E-state index contributed by atoms with van der Waals surface area (Å²) in [5, 5.41) is 0. The minimum absolute atomic E-state index is 0.0901. The molecule has 0 atom stereocenters. The van der Waals surface area contributed by atoms with Crippen molar-refractivity contribution in [1.29, 1.82) is 0 Å². The van der Waals surface area contributed by atoms with Gasteiger partial charge in [-0.1, -0.05) is 24.4 Å². The van der Waals surface area contributed by atoms with E-state index in [1.54, 1.807) is 24.3 Å². The highest BCUT2D eigenvalue weighted by Crippen LogP contribution is 2.21. The summed E-state index contributed by atoms with van der Waals surface area (Å²) in [5.74, 6) is -2.18. The van der Waals surface area contributed by atoms with Crippen LogP contribution >= 0.6 is 12.2 Å². The number of nitrogens with zero attached hydrogens (tertiary/aromatic N) is 1. The molecule has 0 aliphatic rings. The molecule has 0 bridgehead atoms. The van der Waals surface area contributed by atoms with Gasteiger partial charge in [-0.3, -0.25) is 4.79 Å². The van der Waals surface area contributed by atoms with E-state index < -0.39 is 17.5 Å². The van der Waals surface area contributed by atoms with E-state index in [-0.39, 0.29) is 10.6 Å². The highest BCUT2D eigenvalue weighted by Gasteiger charge is 2.18. The third kappa shape index (κ3) is 3.22. The molecule has 0 aliphatic carbocycles. The lowest BCUT2D eigenvalue weighted by molar-refractivity contribution is 0.0992. The maximum Gasteiger partial charge on any atom is 0.258 e.